The number of amides is 1. The summed E-state index contributed by atoms with van der Waals surface area (Å²) in [6, 6.07) is 2.00. The Labute approximate surface area is 245 Å². The summed E-state index contributed by atoms with van der Waals surface area (Å²) in [5, 5.41) is 14.3. The van der Waals surface area contributed by atoms with Gasteiger partial charge in [0.05, 0.1) is 12.3 Å². The predicted molar refractivity (Wildman–Crippen MR) is 151 cm³/mol. The number of esters is 2. The molecule has 4 aliphatic rings. The molecule has 2 unspecified atom stereocenters. The maximum absolute atomic E-state index is 13.2. The van der Waals surface area contributed by atoms with Gasteiger partial charge in [0.1, 0.15) is 22.8 Å². The molecule has 1 aromatic rings. The van der Waals surface area contributed by atoms with Gasteiger partial charge >= 0.3 is 18.0 Å². The van der Waals surface area contributed by atoms with Crippen molar-refractivity contribution >= 4 is 29.5 Å². The summed E-state index contributed by atoms with van der Waals surface area (Å²) in [4.78, 5) is 56.2. The molecular formula is C31H40N2O9. The van der Waals surface area contributed by atoms with Crippen LogP contribution >= 0.6 is 0 Å². The van der Waals surface area contributed by atoms with Crippen LogP contribution in [-0.2, 0) is 30.3 Å². The molecule has 1 aromatic carbocycles. The van der Waals surface area contributed by atoms with E-state index in [2.05, 4.69) is 5.32 Å². The number of carbonyl (C=O) groups excluding carboxylic acids is 4. The quantitative estimate of drug-likeness (QED) is 0.362. The first-order valence-corrected chi connectivity index (χ1v) is 14.6. The van der Waals surface area contributed by atoms with Crippen molar-refractivity contribution in [3.63, 3.8) is 0 Å². The molecule has 5 rings (SSSR count). The van der Waals surface area contributed by atoms with Gasteiger partial charge < -0.3 is 29.4 Å². The number of ketones is 1. The van der Waals surface area contributed by atoms with Crippen molar-refractivity contribution in [2.45, 2.75) is 115 Å². The molecule has 1 heterocycles. The first-order valence-electron chi connectivity index (χ1n) is 14.6. The van der Waals surface area contributed by atoms with E-state index in [4.69, 9.17) is 23.9 Å². The second-order valence-corrected chi connectivity index (χ2v) is 13.7. The molecule has 2 fully saturated rings. The Kier molecular flexibility index (Phi) is 7.62. The molecule has 1 amide bonds. The Hall–Kier alpha value is -3.47. The summed E-state index contributed by atoms with van der Waals surface area (Å²) in [6.07, 6.45) is 0.777. The number of aliphatic imine (C=N–C) groups is 1. The molecule has 11 heteroatoms. The summed E-state index contributed by atoms with van der Waals surface area (Å²) in [5.41, 5.74) is -0.807. The second kappa shape index (κ2) is 10.7. The number of hydrogen-bond donors (Lipinski definition) is 2. The van der Waals surface area contributed by atoms with Crippen molar-refractivity contribution in [3.8, 4) is 11.5 Å². The van der Waals surface area contributed by atoms with Gasteiger partial charge in [-0.3, -0.25) is 14.6 Å². The van der Waals surface area contributed by atoms with E-state index < -0.39 is 59.3 Å². The van der Waals surface area contributed by atoms with E-state index in [0.29, 0.717) is 30.2 Å². The van der Waals surface area contributed by atoms with Crippen LogP contribution < -0.4 is 14.8 Å². The van der Waals surface area contributed by atoms with E-state index >= 15 is 0 Å². The molecule has 2 saturated carbocycles. The highest BCUT2D eigenvalue weighted by Crippen LogP contribution is 2.57. The zero-order valence-corrected chi connectivity index (χ0v) is 25.1. The van der Waals surface area contributed by atoms with Crippen molar-refractivity contribution in [2.24, 2.45) is 10.9 Å². The lowest BCUT2D eigenvalue weighted by Crippen LogP contribution is -2.56. The van der Waals surface area contributed by atoms with E-state index in [-0.39, 0.29) is 30.1 Å². The highest BCUT2D eigenvalue weighted by atomic mass is 16.6. The normalized spacial score (nSPS) is 26.2. The molecule has 2 N–H and O–H groups in total. The highest BCUT2D eigenvalue weighted by molar-refractivity contribution is 6.02. The maximum atomic E-state index is 13.2. The Morgan fingerprint density at radius 1 is 1.12 bits per heavy atom. The van der Waals surface area contributed by atoms with Gasteiger partial charge in [0.15, 0.2) is 23.4 Å². The smallest absolute Gasteiger partial charge is 0.408 e. The van der Waals surface area contributed by atoms with E-state index in [1.165, 1.54) is 0 Å². The summed E-state index contributed by atoms with van der Waals surface area (Å²) in [6.45, 7) is 10.7. The van der Waals surface area contributed by atoms with Gasteiger partial charge in [0, 0.05) is 30.7 Å². The zero-order chi connectivity index (χ0) is 30.6. The molecular weight excluding hydrogens is 544 g/mol. The molecule has 0 spiro atoms. The minimum atomic E-state index is -1.38. The number of ether oxygens (including phenoxy) is 4. The van der Waals surface area contributed by atoms with Crippen molar-refractivity contribution in [1.29, 1.82) is 0 Å². The third kappa shape index (κ3) is 6.30. The van der Waals surface area contributed by atoms with Gasteiger partial charge in [-0.2, -0.15) is 0 Å². The van der Waals surface area contributed by atoms with Crippen molar-refractivity contribution in [1.82, 2.24) is 5.32 Å². The van der Waals surface area contributed by atoms with Crippen LogP contribution in [0.2, 0.25) is 0 Å². The fourth-order valence-electron chi connectivity index (χ4n) is 5.75. The number of aliphatic hydroxyl groups is 1. The van der Waals surface area contributed by atoms with Crippen LogP contribution in [-0.4, -0.2) is 70.1 Å². The number of nitrogens with one attached hydrogen (secondary N) is 1. The summed E-state index contributed by atoms with van der Waals surface area (Å²) in [5.74, 6) is -1.56. The Balaban J connectivity index is 1.38. The van der Waals surface area contributed by atoms with Crippen molar-refractivity contribution in [2.75, 3.05) is 6.54 Å². The van der Waals surface area contributed by atoms with Crippen LogP contribution in [0.4, 0.5) is 4.79 Å². The first-order chi connectivity index (χ1) is 19.5. The number of hydrogen-bond acceptors (Lipinski definition) is 10. The number of rotatable bonds is 7. The number of benzene rings is 1. The van der Waals surface area contributed by atoms with Crippen molar-refractivity contribution in [3.05, 3.63) is 23.3 Å². The molecule has 42 heavy (non-hydrogen) atoms. The van der Waals surface area contributed by atoms with Crippen LogP contribution in [0.5, 0.6) is 11.5 Å². The number of Topliss-reactive ketones (excluding diaryl/α,β-unsaturated/α-hetero) is 1. The Morgan fingerprint density at radius 2 is 1.81 bits per heavy atom. The zero-order valence-electron chi connectivity index (χ0n) is 25.1. The van der Waals surface area contributed by atoms with Gasteiger partial charge in [0.2, 0.25) is 0 Å². The first kappa shape index (κ1) is 30.0. The largest absolute Gasteiger partial charge is 0.478 e. The third-order valence-electron chi connectivity index (χ3n) is 7.76. The van der Waals surface area contributed by atoms with Crippen molar-refractivity contribution < 1.29 is 43.2 Å². The molecule has 4 atom stereocenters. The Morgan fingerprint density at radius 3 is 2.45 bits per heavy atom. The van der Waals surface area contributed by atoms with Crippen LogP contribution in [0.15, 0.2) is 17.1 Å². The highest BCUT2D eigenvalue weighted by Gasteiger charge is 2.60. The molecule has 1 aliphatic heterocycles. The van der Waals surface area contributed by atoms with Crippen LogP contribution in [0, 0.1) is 5.92 Å². The lowest BCUT2D eigenvalue weighted by atomic mass is 9.63. The van der Waals surface area contributed by atoms with Crippen LogP contribution in [0.3, 0.4) is 0 Å². The molecule has 0 radical (unpaired) electrons. The average Bonchev–Trinajstić information content (AvgIpc) is 3.58. The number of carbonyl (C=O) groups is 4. The van der Waals surface area contributed by atoms with Gasteiger partial charge in [-0.25, -0.2) is 9.59 Å². The van der Waals surface area contributed by atoms with Crippen LogP contribution in [0.25, 0.3) is 0 Å². The minimum Gasteiger partial charge on any atom is -0.478 e. The van der Waals surface area contributed by atoms with Gasteiger partial charge in [0.25, 0.3) is 0 Å². The molecule has 3 aliphatic carbocycles. The number of nitrogens with zero attached hydrogens (tertiary/aromatic N) is 1. The fourth-order valence-corrected chi connectivity index (χ4v) is 5.75. The van der Waals surface area contributed by atoms with E-state index in [1.807, 2.05) is 0 Å². The van der Waals surface area contributed by atoms with E-state index in [9.17, 15) is 24.3 Å². The predicted octanol–water partition coefficient (Wildman–Crippen LogP) is 3.56. The van der Waals surface area contributed by atoms with E-state index in [1.54, 1.807) is 53.7 Å². The number of alkyl carbamates (subject to hydrolysis) is 1. The second-order valence-electron chi connectivity index (χ2n) is 13.7. The maximum Gasteiger partial charge on any atom is 0.408 e. The van der Waals surface area contributed by atoms with Gasteiger partial charge in [-0.15, -0.1) is 0 Å². The average molecular weight is 585 g/mol. The van der Waals surface area contributed by atoms with E-state index in [0.717, 1.165) is 18.4 Å². The minimum absolute atomic E-state index is 0.0712. The molecule has 0 bridgehead atoms. The summed E-state index contributed by atoms with van der Waals surface area (Å²) < 4.78 is 22.4. The standard InChI is InChI=1S/C31H40N2O9/c1-29(2,3)41-27(36)18(33-28(37)42-30(4,5)6)14-22(35)39-20-10-9-17-13-21(32-15-16-7-8-16)31(38)12-11-19(34)25-24(31)23(17)26(20)40-25/h9-10,16,18,24-25,38H,7-8,11-15H2,1-6H3,(H,33,37)/b32-21+/t18-,24?,25?,31+/m0/s1. The molecule has 0 aromatic heterocycles. The fraction of sp³-hybridized carbons (Fsp3) is 0.645. The lowest BCUT2D eigenvalue weighted by Gasteiger charge is -2.44. The lowest BCUT2D eigenvalue weighted by molar-refractivity contribution is -0.159. The SMILES string of the molecule is CC(C)(C)OC(=O)N[C@@H](CC(=O)Oc1ccc2c3c1OC1C(=O)CC[C@@](O)(/C(=N/CC4CC4)C2)C31)C(=O)OC(C)(C)C. The Bertz CT molecular complexity index is 1330. The molecule has 11 nitrogen and oxygen atoms in total. The summed E-state index contributed by atoms with van der Waals surface area (Å²) in [7, 11) is 0. The summed E-state index contributed by atoms with van der Waals surface area (Å²) >= 11 is 0. The third-order valence-corrected chi connectivity index (χ3v) is 7.76. The van der Waals surface area contributed by atoms with Gasteiger partial charge in [-0.1, -0.05) is 6.07 Å². The topological polar surface area (TPSA) is 150 Å². The monoisotopic (exact) mass is 584 g/mol. The molecule has 228 valence electrons. The molecule has 0 saturated heterocycles. The van der Waals surface area contributed by atoms with Gasteiger partial charge in [-0.05, 0) is 78.4 Å². The van der Waals surface area contributed by atoms with Crippen LogP contribution in [0.1, 0.15) is 90.7 Å².